The van der Waals surface area contributed by atoms with E-state index in [-0.39, 0.29) is 11.7 Å². The average Bonchev–Trinajstić information content (AvgIpc) is 2.25. The van der Waals surface area contributed by atoms with Gasteiger partial charge >= 0.3 is 0 Å². The zero-order chi connectivity index (χ0) is 13.1. The molecule has 0 fully saturated rings. The highest BCUT2D eigenvalue weighted by Crippen LogP contribution is 1.90. The third-order valence-corrected chi connectivity index (χ3v) is 3.47. The van der Waals surface area contributed by atoms with Crippen LogP contribution in [0.15, 0.2) is 0 Å². The van der Waals surface area contributed by atoms with Crippen LogP contribution in [0.4, 0.5) is 0 Å². The molecule has 0 rings (SSSR count). The number of amides is 1. The van der Waals surface area contributed by atoms with Crippen LogP contribution in [0, 0.1) is 5.92 Å². The monoisotopic (exact) mass is 262 g/mol. The van der Waals surface area contributed by atoms with Crippen LogP contribution in [-0.4, -0.2) is 41.3 Å². The van der Waals surface area contributed by atoms with E-state index in [1.54, 1.807) is 0 Å². The van der Waals surface area contributed by atoms with Crippen LogP contribution in [0.1, 0.15) is 33.6 Å². The molecule has 1 amide bonds. The predicted molar refractivity (Wildman–Crippen MR) is 73.5 cm³/mol. The van der Waals surface area contributed by atoms with Crippen molar-refractivity contribution in [2.24, 2.45) is 5.92 Å². The maximum atomic E-state index is 11.5. The molecule has 0 spiro atoms. The lowest BCUT2D eigenvalue weighted by molar-refractivity contribution is -0.118. The summed E-state index contributed by atoms with van der Waals surface area (Å²) in [6.07, 6.45) is 1.78. The second-order valence-corrected chi connectivity index (χ2v) is 6.17. The Kier molecular flexibility index (Phi) is 10.5. The van der Waals surface area contributed by atoms with E-state index in [4.69, 9.17) is 0 Å². The van der Waals surface area contributed by atoms with Crippen LogP contribution < -0.4 is 10.6 Å². The second kappa shape index (κ2) is 10.7. The predicted octanol–water partition coefficient (Wildman–Crippen LogP) is 0.897. The topological polar surface area (TPSA) is 58.2 Å². The van der Waals surface area contributed by atoms with Gasteiger partial charge in [-0.05, 0) is 31.8 Å². The van der Waals surface area contributed by atoms with E-state index in [0.29, 0.717) is 18.2 Å². The largest absolute Gasteiger partial charge is 0.355 e. The molecule has 0 aromatic heterocycles. The molecule has 0 aromatic carbocycles. The van der Waals surface area contributed by atoms with Crippen LogP contribution in [0.25, 0.3) is 0 Å². The van der Waals surface area contributed by atoms with Gasteiger partial charge < -0.3 is 10.6 Å². The lowest BCUT2D eigenvalue weighted by atomic mass is 10.2. The van der Waals surface area contributed by atoms with Gasteiger partial charge in [0.25, 0.3) is 0 Å². The van der Waals surface area contributed by atoms with Gasteiger partial charge in [0.1, 0.15) is 5.75 Å². The molecule has 0 aliphatic carbocycles. The Labute approximate surface area is 107 Å². The Hall–Kier alpha value is -0.420. The van der Waals surface area contributed by atoms with Gasteiger partial charge in [-0.25, -0.2) is 0 Å². The van der Waals surface area contributed by atoms with Crippen molar-refractivity contribution < 1.29 is 9.00 Å². The number of hydrogen-bond acceptors (Lipinski definition) is 3. The quantitative estimate of drug-likeness (QED) is 0.575. The summed E-state index contributed by atoms with van der Waals surface area (Å²) in [4.78, 5) is 11.3. The van der Waals surface area contributed by atoms with Crippen LogP contribution in [-0.2, 0) is 15.6 Å². The second-order valence-electron chi connectivity index (χ2n) is 4.59. The molecule has 102 valence electrons. The van der Waals surface area contributed by atoms with Gasteiger partial charge in [-0.1, -0.05) is 20.8 Å². The van der Waals surface area contributed by atoms with Crippen LogP contribution >= 0.6 is 0 Å². The molecule has 5 heteroatoms. The van der Waals surface area contributed by atoms with E-state index in [2.05, 4.69) is 24.5 Å². The lowest BCUT2D eigenvalue weighted by Gasteiger charge is -2.07. The van der Waals surface area contributed by atoms with Crippen molar-refractivity contribution in [3.05, 3.63) is 0 Å². The first-order chi connectivity index (χ1) is 8.06. The first-order valence-electron chi connectivity index (χ1n) is 6.38. The van der Waals surface area contributed by atoms with E-state index in [9.17, 15) is 9.00 Å². The summed E-state index contributed by atoms with van der Waals surface area (Å²) in [6.45, 7) is 8.85. The minimum atomic E-state index is -1.02. The number of carbonyl (C=O) groups is 1. The Morgan fingerprint density at radius 2 is 2.00 bits per heavy atom. The summed E-state index contributed by atoms with van der Waals surface area (Å²) in [6, 6.07) is 0. The number of hydrogen-bond donors (Lipinski definition) is 2. The maximum absolute atomic E-state index is 11.5. The minimum Gasteiger partial charge on any atom is -0.355 e. The highest BCUT2D eigenvalue weighted by molar-refractivity contribution is 7.85. The third-order valence-electron chi connectivity index (χ3n) is 2.14. The molecule has 1 unspecified atom stereocenters. The molecule has 0 aromatic rings. The van der Waals surface area contributed by atoms with Gasteiger partial charge in [0.15, 0.2) is 0 Å². The summed E-state index contributed by atoms with van der Waals surface area (Å²) in [5.41, 5.74) is 0. The van der Waals surface area contributed by atoms with E-state index >= 15 is 0 Å². The van der Waals surface area contributed by atoms with Gasteiger partial charge in [0, 0.05) is 23.1 Å². The molecule has 0 aliphatic heterocycles. The third kappa shape index (κ3) is 11.8. The fourth-order valence-electron chi connectivity index (χ4n) is 1.28. The molecule has 0 radical (unpaired) electrons. The highest BCUT2D eigenvalue weighted by Gasteiger charge is 2.06. The summed E-state index contributed by atoms with van der Waals surface area (Å²) in [7, 11) is -1.02. The SMILES string of the molecule is CCCNC(=O)CS(=O)CCCNCC(C)C. The first kappa shape index (κ1) is 16.6. The van der Waals surface area contributed by atoms with Gasteiger partial charge in [-0.3, -0.25) is 9.00 Å². The summed E-state index contributed by atoms with van der Waals surface area (Å²) in [5.74, 6) is 1.29. The normalized spacial score (nSPS) is 12.7. The zero-order valence-corrected chi connectivity index (χ0v) is 12.1. The molecular weight excluding hydrogens is 236 g/mol. The first-order valence-corrected chi connectivity index (χ1v) is 7.87. The molecule has 1 atom stereocenters. The van der Waals surface area contributed by atoms with Crippen molar-refractivity contribution in [1.29, 1.82) is 0 Å². The van der Waals surface area contributed by atoms with Gasteiger partial charge in [0.2, 0.25) is 5.91 Å². The van der Waals surface area contributed by atoms with E-state index in [0.717, 1.165) is 25.9 Å². The van der Waals surface area contributed by atoms with Crippen molar-refractivity contribution >= 4 is 16.7 Å². The van der Waals surface area contributed by atoms with Crippen LogP contribution in [0.5, 0.6) is 0 Å². The summed E-state index contributed by atoms with van der Waals surface area (Å²) in [5, 5.41) is 6.02. The van der Waals surface area contributed by atoms with Crippen molar-refractivity contribution in [3.63, 3.8) is 0 Å². The van der Waals surface area contributed by atoms with Gasteiger partial charge in [-0.2, -0.15) is 0 Å². The maximum Gasteiger partial charge on any atom is 0.232 e. The molecule has 17 heavy (non-hydrogen) atoms. The molecule has 0 saturated carbocycles. The molecule has 0 bridgehead atoms. The Morgan fingerprint density at radius 1 is 1.29 bits per heavy atom. The highest BCUT2D eigenvalue weighted by atomic mass is 32.2. The fourth-order valence-corrected chi connectivity index (χ4v) is 2.29. The minimum absolute atomic E-state index is 0.0969. The molecule has 0 heterocycles. The van der Waals surface area contributed by atoms with E-state index < -0.39 is 10.8 Å². The van der Waals surface area contributed by atoms with E-state index in [1.165, 1.54) is 0 Å². The van der Waals surface area contributed by atoms with E-state index in [1.807, 2.05) is 6.92 Å². The van der Waals surface area contributed by atoms with Gasteiger partial charge in [0.05, 0.1) is 0 Å². The molecule has 0 saturated heterocycles. The number of rotatable bonds is 10. The van der Waals surface area contributed by atoms with Crippen molar-refractivity contribution in [2.75, 3.05) is 31.1 Å². The fraction of sp³-hybridized carbons (Fsp3) is 0.917. The van der Waals surface area contributed by atoms with Crippen LogP contribution in [0.2, 0.25) is 0 Å². The molecule has 0 aliphatic rings. The molecule has 2 N–H and O–H groups in total. The number of carbonyl (C=O) groups excluding carboxylic acids is 1. The smallest absolute Gasteiger partial charge is 0.232 e. The Bertz CT molecular complexity index is 233. The molecule has 4 nitrogen and oxygen atoms in total. The standard InChI is InChI=1S/C12H26N2O2S/c1-4-6-14-12(15)10-17(16)8-5-7-13-9-11(2)3/h11,13H,4-10H2,1-3H3,(H,14,15). The zero-order valence-electron chi connectivity index (χ0n) is 11.3. The Balaban J connectivity index is 3.43. The molecular formula is C12H26N2O2S. The van der Waals surface area contributed by atoms with Crippen molar-refractivity contribution in [2.45, 2.75) is 33.6 Å². The lowest BCUT2D eigenvalue weighted by Crippen LogP contribution is -2.30. The number of nitrogens with one attached hydrogen (secondary N) is 2. The summed E-state index contributed by atoms with van der Waals surface area (Å²) >= 11 is 0. The van der Waals surface area contributed by atoms with Crippen molar-refractivity contribution in [1.82, 2.24) is 10.6 Å². The van der Waals surface area contributed by atoms with Crippen molar-refractivity contribution in [3.8, 4) is 0 Å². The van der Waals surface area contributed by atoms with Crippen LogP contribution in [0.3, 0.4) is 0 Å². The Morgan fingerprint density at radius 3 is 2.59 bits per heavy atom. The van der Waals surface area contributed by atoms with Gasteiger partial charge in [-0.15, -0.1) is 0 Å². The average molecular weight is 262 g/mol. The summed E-state index contributed by atoms with van der Waals surface area (Å²) < 4.78 is 11.5.